The molecule has 1 amide bonds. The second-order valence-electron chi connectivity index (χ2n) is 6.02. The number of fused-ring (bicyclic) bond motifs is 2. The summed E-state index contributed by atoms with van der Waals surface area (Å²) in [5.74, 6) is 0.982. The third-order valence-corrected chi connectivity index (χ3v) is 4.82. The zero-order chi connectivity index (χ0) is 16.6. The lowest BCUT2D eigenvalue weighted by atomic mass is 9.86. The topological polar surface area (TPSA) is 29.5 Å². The van der Waals surface area contributed by atoms with Crippen LogP contribution >= 0.6 is 0 Å². The third kappa shape index (κ3) is 2.50. The number of benzene rings is 2. The number of rotatable bonds is 3. The fourth-order valence-electron chi connectivity index (χ4n) is 3.44. The molecule has 1 heterocycles. The fraction of sp³-hybridized carbons (Fsp3) is 0.350. The number of carbonyl (C=O) groups is 1. The van der Waals surface area contributed by atoms with Crippen LogP contribution in [0, 0.1) is 0 Å². The molecule has 1 unspecified atom stereocenters. The van der Waals surface area contributed by atoms with Crippen LogP contribution in [0.25, 0.3) is 0 Å². The van der Waals surface area contributed by atoms with Gasteiger partial charge in [-0.25, -0.2) is 0 Å². The molecule has 0 bridgehead atoms. The maximum Gasteiger partial charge on any atom is 0.258 e. The highest BCUT2D eigenvalue weighted by molar-refractivity contribution is 6.08. The Hall–Kier alpha value is -2.29. The van der Waals surface area contributed by atoms with Crippen molar-refractivity contribution in [3.8, 4) is 5.75 Å². The Morgan fingerprint density at radius 2 is 1.83 bits per heavy atom. The molecule has 0 saturated heterocycles. The number of aryl methyl sites for hydroxylation is 1. The number of hydrogen-bond donors (Lipinski definition) is 0. The highest BCUT2D eigenvalue weighted by atomic mass is 16.5. The summed E-state index contributed by atoms with van der Waals surface area (Å²) in [5, 5.41) is 0. The smallest absolute Gasteiger partial charge is 0.258 e. The highest BCUT2D eigenvalue weighted by Gasteiger charge is 2.30. The van der Waals surface area contributed by atoms with Crippen molar-refractivity contribution in [3.63, 3.8) is 0 Å². The SMILES string of the molecule is CCc1ccc2c(c1)N(C)C(=O)c1cc(OC)ccc1C2CC. The summed E-state index contributed by atoms with van der Waals surface area (Å²) >= 11 is 0. The number of anilines is 1. The summed E-state index contributed by atoms with van der Waals surface area (Å²) < 4.78 is 5.32. The maximum atomic E-state index is 13.0. The molecule has 0 aliphatic carbocycles. The van der Waals surface area contributed by atoms with Crippen LogP contribution in [0.2, 0.25) is 0 Å². The molecule has 1 aliphatic rings. The highest BCUT2D eigenvalue weighted by Crippen LogP contribution is 2.41. The minimum atomic E-state index is 0.0318. The standard InChI is InChI=1S/C20H23NO2/c1-5-13-7-9-17-15(6-2)16-10-8-14(23-4)12-18(16)20(22)21(3)19(17)11-13/h7-12,15H,5-6H2,1-4H3. The fourth-order valence-corrected chi connectivity index (χ4v) is 3.44. The van der Waals surface area contributed by atoms with Gasteiger partial charge in [0.25, 0.3) is 5.91 Å². The molecule has 2 aromatic carbocycles. The Kier molecular flexibility index (Phi) is 4.12. The van der Waals surface area contributed by atoms with E-state index in [0.29, 0.717) is 0 Å². The van der Waals surface area contributed by atoms with Gasteiger partial charge in [-0.15, -0.1) is 0 Å². The summed E-state index contributed by atoms with van der Waals surface area (Å²) in [6.45, 7) is 4.31. The first kappa shape index (κ1) is 15.6. The number of hydrogen-bond acceptors (Lipinski definition) is 2. The summed E-state index contributed by atoms with van der Waals surface area (Å²) in [7, 11) is 3.49. The minimum absolute atomic E-state index is 0.0318. The van der Waals surface area contributed by atoms with E-state index in [4.69, 9.17) is 4.74 Å². The molecule has 2 aromatic rings. The van der Waals surface area contributed by atoms with E-state index in [-0.39, 0.29) is 11.8 Å². The van der Waals surface area contributed by atoms with Crippen molar-refractivity contribution >= 4 is 11.6 Å². The van der Waals surface area contributed by atoms with Crippen molar-refractivity contribution < 1.29 is 9.53 Å². The van der Waals surface area contributed by atoms with Crippen LogP contribution in [-0.2, 0) is 6.42 Å². The van der Waals surface area contributed by atoms with Gasteiger partial charge in [0.15, 0.2) is 0 Å². The van der Waals surface area contributed by atoms with Gasteiger partial charge >= 0.3 is 0 Å². The van der Waals surface area contributed by atoms with E-state index in [0.717, 1.165) is 35.4 Å². The Labute approximate surface area is 137 Å². The second-order valence-corrected chi connectivity index (χ2v) is 6.02. The summed E-state index contributed by atoms with van der Waals surface area (Å²) in [4.78, 5) is 14.8. The lowest BCUT2D eigenvalue weighted by molar-refractivity contribution is 0.0992. The Morgan fingerprint density at radius 3 is 2.48 bits per heavy atom. The van der Waals surface area contributed by atoms with Gasteiger partial charge in [0.05, 0.1) is 7.11 Å². The first-order chi connectivity index (χ1) is 11.1. The van der Waals surface area contributed by atoms with Gasteiger partial charge in [0, 0.05) is 24.2 Å². The quantitative estimate of drug-likeness (QED) is 0.841. The summed E-state index contributed by atoms with van der Waals surface area (Å²) in [6.07, 6.45) is 1.92. The van der Waals surface area contributed by atoms with Gasteiger partial charge in [0.2, 0.25) is 0 Å². The predicted octanol–water partition coefficient (Wildman–Crippen LogP) is 4.39. The monoisotopic (exact) mass is 309 g/mol. The Balaban J connectivity index is 2.25. The van der Waals surface area contributed by atoms with Crippen LogP contribution in [0.1, 0.15) is 53.2 Å². The normalized spacial score (nSPS) is 16.6. The lowest BCUT2D eigenvalue weighted by Crippen LogP contribution is -2.26. The number of amides is 1. The molecule has 0 aromatic heterocycles. The zero-order valence-corrected chi connectivity index (χ0v) is 14.2. The van der Waals surface area contributed by atoms with E-state index >= 15 is 0 Å². The Morgan fingerprint density at radius 1 is 1.09 bits per heavy atom. The molecule has 0 spiro atoms. The van der Waals surface area contributed by atoms with Crippen molar-refractivity contribution in [2.45, 2.75) is 32.6 Å². The first-order valence-corrected chi connectivity index (χ1v) is 8.19. The van der Waals surface area contributed by atoms with Gasteiger partial charge in [-0.2, -0.15) is 0 Å². The van der Waals surface area contributed by atoms with Crippen LogP contribution in [0.4, 0.5) is 5.69 Å². The summed E-state index contributed by atoms with van der Waals surface area (Å²) in [6, 6.07) is 12.4. The van der Waals surface area contributed by atoms with Gasteiger partial charge in [-0.1, -0.05) is 32.0 Å². The van der Waals surface area contributed by atoms with Crippen molar-refractivity contribution in [1.82, 2.24) is 0 Å². The molecule has 3 rings (SSSR count). The minimum Gasteiger partial charge on any atom is -0.497 e. The number of methoxy groups -OCH3 is 1. The van der Waals surface area contributed by atoms with Crippen LogP contribution in [-0.4, -0.2) is 20.1 Å². The van der Waals surface area contributed by atoms with Crippen LogP contribution in [0.3, 0.4) is 0 Å². The van der Waals surface area contributed by atoms with Gasteiger partial charge in [-0.3, -0.25) is 4.79 Å². The average molecular weight is 309 g/mol. The van der Waals surface area contributed by atoms with Crippen molar-refractivity contribution in [2.24, 2.45) is 0 Å². The van der Waals surface area contributed by atoms with E-state index in [1.807, 2.05) is 25.2 Å². The first-order valence-electron chi connectivity index (χ1n) is 8.19. The largest absolute Gasteiger partial charge is 0.497 e. The van der Waals surface area contributed by atoms with Gasteiger partial charge in [0.1, 0.15) is 5.75 Å². The van der Waals surface area contributed by atoms with E-state index < -0.39 is 0 Å². The predicted molar refractivity (Wildman–Crippen MR) is 93.7 cm³/mol. The van der Waals surface area contributed by atoms with Crippen molar-refractivity contribution in [2.75, 3.05) is 19.1 Å². The molecular formula is C20H23NO2. The molecule has 0 N–H and O–H groups in total. The van der Waals surface area contributed by atoms with E-state index in [1.165, 1.54) is 11.1 Å². The molecular weight excluding hydrogens is 286 g/mol. The molecule has 23 heavy (non-hydrogen) atoms. The number of nitrogens with zero attached hydrogens (tertiary/aromatic N) is 1. The van der Waals surface area contributed by atoms with Gasteiger partial charge in [-0.05, 0) is 47.7 Å². The molecule has 0 fully saturated rings. The number of ether oxygens (including phenoxy) is 1. The molecule has 0 radical (unpaired) electrons. The molecule has 120 valence electrons. The van der Waals surface area contributed by atoms with Gasteiger partial charge < -0.3 is 9.64 Å². The molecule has 3 nitrogen and oxygen atoms in total. The zero-order valence-electron chi connectivity index (χ0n) is 14.2. The molecule has 1 aliphatic heterocycles. The lowest BCUT2D eigenvalue weighted by Gasteiger charge is -2.21. The van der Waals surface area contributed by atoms with E-state index in [2.05, 4.69) is 32.0 Å². The van der Waals surface area contributed by atoms with Crippen molar-refractivity contribution in [1.29, 1.82) is 0 Å². The molecule has 3 heteroatoms. The number of carbonyl (C=O) groups excluding carboxylic acids is 1. The average Bonchev–Trinajstić information content (AvgIpc) is 2.68. The molecule has 0 saturated carbocycles. The summed E-state index contributed by atoms with van der Waals surface area (Å²) in [5.41, 5.74) is 5.34. The van der Waals surface area contributed by atoms with Crippen LogP contribution in [0.5, 0.6) is 5.75 Å². The van der Waals surface area contributed by atoms with E-state index in [9.17, 15) is 4.79 Å². The maximum absolute atomic E-state index is 13.0. The van der Waals surface area contributed by atoms with Crippen LogP contribution in [0.15, 0.2) is 36.4 Å². The molecule has 1 atom stereocenters. The van der Waals surface area contributed by atoms with Crippen LogP contribution < -0.4 is 9.64 Å². The van der Waals surface area contributed by atoms with E-state index in [1.54, 1.807) is 12.0 Å². The second kappa shape index (κ2) is 6.07. The third-order valence-electron chi connectivity index (χ3n) is 4.82. The van der Waals surface area contributed by atoms with Crippen molar-refractivity contribution in [3.05, 3.63) is 58.7 Å². The Bertz CT molecular complexity index is 751.